The molecular formula is C14H14F3N3O2. The molecule has 0 atom stereocenters. The number of para-hydroxylation sites is 2. The van der Waals surface area contributed by atoms with E-state index in [-0.39, 0.29) is 6.54 Å². The molecule has 8 heteroatoms. The Morgan fingerprint density at radius 3 is 2.68 bits per heavy atom. The standard InChI is InChI=1S/C14H14F3N3O2/c15-14(16,17)12-18-10-4-1-2-5-11(10)20(12)7-3-6-19-8-9-22-13(19)21/h1-2,4-5H,3,6-9H2. The van der Waals surface area contributed by atoms with Crippen LogP contribution in [0.3, 0.4) is 0 Å². The maximum Gasteiger partial charge on any atom is 0.449 e. The fourth-order valence-electron chi connectivity index (χ4n) is 2.57. The first-order chi connectivity index (χ1) is 10.5. The number of alkyl halides is 3. The normalized spacial score (nSPS) is 15.6. The number of carbonyl (C=O) groups excluding carboxylic acids is 1. The fourth-order valence-corrected chi connectivity index (χ4v) is 2.57. The largest absolute Gasteiger partial charge is 0.449 e. The molecule has 22 heavy (non-hydrogen) atoms. The predicted molar refractivity (Wildman–Crippen MR) is 72.3 cm³/mol. The van der Waals surface area contributed by atoms with Gasteiger partial charge in [0.2, 0.25) is 5.82 Å². The molecular weight excluding hydrogens is 299 g/mol. The van der Waals surface area contributed by atoms with E-state index < -0.39 is 18.1 Å². The van der Waals surface area contributed by atoms with Gasteiger partial charge >= 0.3 is 12.3 Å². The third kappa shape index (κ3) is 2.72. The summed E-state index contributed by atoms with van der Waals surface area (Å²) >= 11 is 0. The van der Waals surface area contributed by atoms with Crippen molar-refractivity contribution in [3.63, 3.8) is 0 Å². The first-order valence-electron chi connectivity index (χ1n) is 6.91. The summed E-state index contributed by atoms with van der Waals surface area (Å²) in [6.45, 7) is 1.32. The highest BCUT2D eigenvalue weighted by atomic mass is 19.4. The zero-order valence-corrected chi connectivity index (χ0v) is 11.6. The van der Waals surface area contributed by atoms with Crippen LogP contribution in [0.15, 0.2) is 24.3 Å². The van der Waals surface area contributed by atoms with Crippen LogP contribution in [0, 0.1) is 0 Å². The van der Waals surface area contributed by atoms with Crippen molar-refractivity contribution in [3.05, 3.63) is 30.1 Å². The number of halogens is 3. The topological polar surface area (TPSA) is 47.4 Å². The fraction of sp³-hybridized carbons (Fsp3) is 0.429. The maximum absolute atomic E-state index is 13.1. The molecule has 0 spiro atoms. The molecule has 0 radical (unpaired) electrons. The van der Waals surface area contributed by atoms with E-state index in [0.29, 0.717) is 37.2 Å². The lowest BCUT2D eigenvalue weighted by molar-refractivity contribution is -0.147. The van der Waals surface area contributed by atoms with Gasteiger partial charge in [0.25, 0.3) is 0 Å². The van der Waals surface area contributed by atoms with Gasteiger partial charge in [-0.1, -0.05) is 12.1 Å². The van der Waals surface area contributed by atoms with Crippen molar-refractivity contribution in [2.24, 2.45) is 0 Å². The van der Waals surface area contributed by atoms with Gasteiger partial charge in [0.15, 0.2) is 0 Å². The van der Waals surface area contributed by atoms with Crippen molar-refractivity contribution in [2.75, 3.05) is 19.7 Å². The van der Waals surface area contributed by atoms with Crippen LogP contribution in [0.1, 0.15) is 12.2 Å². The molecule has 2 heterocycles. The number of aromatic nitrogens is 2. The van der Waals surface area contributed by atoms with Crippen LogP contribution in [0.2, 0.25) is 0 Å². The van der Waals surface area contributed by atoms with E-state index in [1.165, 1.54) is 4.90 Å². The summed E-state index contributed by atoms with van der Waals surface area (Å²) in [7, 11) is 0. The first-order valence-corrected chi connectivity index (χ1v) is 6.91. The van der Waals surface area contributed by atoms with Crippen molar-refractivity contribution in [1.82, 2.24) is 14.5 Å². The molecule has 2 aromatic rings. The molecule has 0 unspecified atom stereocenters. The molecule has 3 rings (SSSR count). The number of ether oxygens (including phenoxy) is 1. The van der Waals surface area contributed by atoms with Gasteiger partial charge in [0, 0.05) is 13.1 Å². The molecule has 118 valence electrons. The predicted octanol–water partition coefficient (Wildman–Crippen LogP) is 2.90. The summed E-state index contributed by atoms with van der Waals surface area (Å²) in [6, 6.07) is 6.50. The zero-order chi connectivity index (χ0) is 15.7. The second-order valence-electron chi connectivity index (χ2n) is 5.03. The van der Waals surface area contributed by atoms with E-state index in [2.05, 4.69) is 4.98 Å². The van der Waals surface area contributed by atoms with E-state index >= 15 is 0 Å². The third-order valence-electron chi connectivity index (χ3n) is 3.56. The minimum Gasteiger partial charge on any atom is -0.448 e. The Hall–Kier alpha value is -2.25. The Balaban J connectivity index is 1.81. The Bertz CT molecular complexity index is 696. The van der Waals surface area contributed by atoms with Crippen LogP contribution in [0.4, 0.5) is 18.0 Å². The van der Waals surface area contributed by atoms with Gasteiger partial charge in [-0.25, -0.2) is 9.78 Å². The number of aryl methyl sites for hydroxylation is 1. The summed E-state index contributed by atoms with van der Waals surface area (Å²) in [5, 5.41) is 0. The van der Waals surface area contributed by atoms with Crippen LogP contribution in [0.5, 0.6) is 0 Å². The number of fused-ring (bicyclic) bond motifs is 1. The van der Waals surface area contributed by atoms with Crippen molar-refractivity contribution < 1.29 is 22.7 Å². The lowest BCUT2D eigenvalue weighted by Crippen LogP contribution is -2.26. The second-order valence-corrected chi connectivity index (χ2v) is 5.03. The molecule has 1 saturated heterocycles. The van der Waals surface area contributed by atoms with Crippen molar-refractivity contribution in [2.45, 2.75) is 19.1 Å². The van der Waals surface area contributed by atoms with Gasteiger partial charge in [-0.15, -0.1) is 0 Å². The Morgan fingerprint density at radius 2 is 2.00 bits per heavy atom. The SMILES string of the molecule is O=C1OCCN1CCCn1c(C(F)(F)F)nc2ccccc21. The van der Waals surface area contributed by atoms with Crippen LogP contribution >= 0.6 is 0 Å². The highest BCUT2D eigenvalue weighted by Gasteiger charge is 2.37. The smallest absolute Gasteiger partial charge is 0.448 e. The highest BCUT2D eigenvalue weighted by molar-refractivity contribution is 5.76. The van der Waals surface area contributed by atoms with Gasteiger partial charge in [-0.3, -0.25) is 0 Å². The quantitative estimate of drug-likeness (QED) is 0.872. The van der Waals surface area contributed by atoms with Gasteiger partial charge in [0.1, 0.15) is 6.61 Å². The Morgan fingerprint density at radius 1 is 1.23 bits per heavy atom. The average Bonchev–Trinajstić information content (AvgIpc) is 3.03. The highest BCUT2D eigenvalue weighted by Crippen LogP contribution is 2.31. The molecule has 1 aromatic carbocycles. The van der Waals surface area contributed by atoms with E-state index in [1.807, 2.05) is 0 Å². The lowest BCUT2D eigenvalue weighted by Gasteiger charge is -2.14. The van der Waals surface area contributed by atoms with E-state index in [0.717, 1.165) is 4.57 Å². The maximum atomic E-state index is 13.1. The van der Waals surface area contributed by atoms with Crippen LogP contribution in [-0.4, -0.2) is 40.2 Å². The van der Waals surface area contributed by atoms with E-state index in [9.17, 15) is 18.0 Å². The van der Waals surface area contributed by atoms with Crippen molar-refractivity contribution >= 4 is 17.1 Å². The molecule has 1 aliphatic rings. The number of nitrogens with zero attached hydrogens (tertiary/aromatic N) is 3. The molecule has 0 N–H and O–H groups in total. The van der Waals surface area contributed by atoms with Crippen molar-refractivity contribution in [3.8, 4) is 0 Å². The monoisotopic (exact) mass is 313 g/mol. The third-order valence-corrected chi connectivity index (χ3v) is 3.56. The van der Waals surface area contributed by atoms with Gasteiger partial charge in [0.05, 0.1) is 17.6 Å². The Kier molecular flexibility index (Phi) is 3.67. The van der Waals surface area contributed by atoms with Crippen LogP contribution in [-0.2, 0) is 17.5 Å². The minimum absolute atomic E-state index is 0.138. The molecule has 1 aromatic heterocycles. The molecule has 1 aliphatic heterocycles. The summed E-state index contributed by atoms with van der Waals surface area (Å²) < 4.78 is 45.3. The second kappa shape index (κ2) is 5.51. The van der Waals surface area contributed by atoms with E-state index in [1.54, 1.807) is 24.3 Å². The average molecular weight is 313 g/mol. The Labute approximate surface area is 124 Å². The molecule has 0 saturated carbocycles. The summed E-state index contributed by atoms with van der Waals surface area (Å²) in [5.41, 5.74) is 0.759. The number of imidazole rings is 1. The first kappa shape index (κ1) is 14.7. The number of rotatable bonds is 4. The number of amides is 1. The van der Waals surface area contributed by atoms with Gasteiger partial charge in [-0.2, -0.15) is 13.2 Å². The number of cyclic esters (lactones) is 1. The molecule has 0 bridgehead atoms. The zero-order valence-electron chi connectivity index (χ0n) is 11.6. The summed E-state index contributed by atoms with van der Waals surface area (Å²) in [6.07, 6.45) is -4.52. The number of benzene rings is 1. The van der Waals surface area contributed by atoms with Crippen LogP contribution < -0.4 is 0 Å². The van der Waals surface area contributed by atoms with Gasteiger partial charge in [-0.05, 0) is 18.6 Å². The summed E-state index contributed by atoms with van der Waals surface area (Å²) in [5.74, 6) is -0.905. The minimum atomic E-state index is -4.51. The molecule has 0 aliphatic carbocycles. The number of hydrogen-bond donors (Lipinski definition) is 0. The number of hydrogen-bond acceptors (Lipinski definition) is 3. The molecule has 5 nitrogen and oxygen atoms in total. The van der Waals surface area contributed by atoms with Gasteiger partial charge < -0.3 is 14.2 Å². The van der Waals surface area contributed by atoms with Crippen molar-refractivity contribution in [1.29, 1.82) is 0 Å². The lowest BCUT2D eigenvalue weighted by atomic mass is 10.3. The molecule has 1 amide bonds. The molecule has 1 fully saturated rings. The van der Waals surface area contributed by atoms with E-state index in [4.69, 9.17) is 4.74 Å². The van der Waals surface area contributed by atoms with Crippen LogP contribution in [0.25, 0.3) is 11.0 Å². The summed E-state index contributed by atoms with van der Waals surface area (Å²) in [4.78, 5) is 16.5. The number of carbonyl (C=O) groups is 1.